The molecule has 0 aromatic heterocycles. The van der Waals surface area contributed by atoms with Gasteiger partial charge in [0.15, 0.2) is 0 Å². The second kappa shape index (κ2) is 6.86. The van der Waals surface area contributed by atoms with Gasteiger partial charge in [0.1, 0.15) is 0 Å². The van der Waals surface area contributed by atoms with E-state index in [0.29, 0.717) is 6.54 Å². The number of hydrogen-bond acceptors (Lipinski definition) is 5. The molecular weight excluding hydrogens is 320 g/mol. The molecule has 0 fully saturated rings. The normalized spacial score (nSPS) is 11.2. The molecule has 1 aromatic carbocycles. The number of nitro benzene ring substituents is 1. The van der Waals surface area contributed by atoms with E-state index in [-0.39, 0.29) is 11.1 Å². The van der Waals surface area contributed by atoms with E-state index in [4.69, 9.17) is 10.7 Å². The lowest BCUT2D eigenvalue weighted by Gasteiger charge is -2.10. The van der Waals surface area contributed by atoms with Crippen LogP contribution >= 0.6 is 10.7 Å². The van der Waals surface area contributed by atoms with Gasteiger partial charge in [0, 0.05) is 29.4 Å². The van der Waals surface area contributed by atoms with Crippen molar-refractivity contribution in [1.29, 1.82) is 0 Å². The number of hydrogen-bond donors (Lipinski definition) is 1. The van der Waals surface area contributed by atoms with Gasteiger partial charge in [0.25, 0.3) is 20.6 Å². The average molecular weight is 335 g/mol. The molecule has 1 rings (SSSR count). The van der Waals surface area contributed by atoms with E-state index in [2.05, 4.69) is 5.32 Å². The molecule has 7 nitrogen and oxygen atoms in total. The number of benzene rings is 1. The van der Waals surface area contributed by atoms with Gasteiger partial charge in [-0.2, -0.15) is 0 Å². The van der Waals surface area contributed by atoms with Gasteiger partial charge in [-0.3, -0.25) is 14.9 Å². The number of nitrogens with one attached hydrogen (secondary N) is 1. The van der Waals surface area contributed by atoms with Crippen LogP contribution < -0.4 is 5.32 Å². The standard InChI is InChI=1S/C12H15ClN2O5S/c1-3-4-5-14-12(16)10-6-9(15(17)18)7-11(8(10)2)21(13,19)20/h6-7H,3-5H2,1-2H3,(H,14,16). The van der Waals surface area contributed by atoms with Crippen molar-refractivity contribution in [3.63, 3.8) is 0 Å². The molecule has 0 heterocycles. The SMILES string of the molecule is CCCCNC(=O)c1cc([N+](=O)[O-])cc(S(=O)(=O)Cl)c1C. The first-order valence-electron chi connectivity index (χ1n) is 6.20. The molecule has 0 saturated heterocycles. The molecule has 1 amide bonds. The van der Waals surface area contributed by atoms with Gasteiger partial charge in [-0.05, 0) is 18.9 Å². The predicted octanol–water partition coefficient (Wildman–Crippen LogP) is 2.36. The maximum Gasteiger partial charge on any atom is 0.271 e. The van der Waals surface area contributed by atoms with Gasteiger partial charge < -0.3 is 5.32 Å². The molecule has 0 unspecified atom stereocenters. The lowest BCUT2D eigenvalue weighted by molar-refractivity contribution is -0.385. The van der Waals surface area contributed by atoms with Crippen LogP contribution in [0.4, 0.5) is 5.69 Å². The van der Waals surface area contributed by atoms with Gasteiger partial charge in [0.05, 0.1) is 15.4 Å². The zero-order valence-electron chi connectivity index (χ0n) is 11.6. The Labute approximate surface area is 126 Å². The minimum absolute atomic E-state index is 0.0699. The van der Waals surface area contributed by atoms with Crippen LogP contribution in [-0.2, 0) is 9.05 Å². The number of carbonyl (C=O) groups is 1. The summed E-state index contributed by atoms with van der Waals surface area (Å²) in [5, 5.41) is 13.4. The quantitative estimate of drug-likeness (QED) is 0.372. The van der Waals surface area contributed by atoms with Crippen LogP contribution in [0.5, 0.6) is 0 Å². The molecule has 0 aliphatic rings. The van der Waals surface area contributed by atoms with Crippen LogP contribution in [0.25, 0.3) is 0 Å². The summed E-state index contributed by atoms with van der Waals surface area (Å²) in [5.74, 6) is -0.564. The van der Waals surface area contributed by atoms with Gasteiger partial charge in [0.2, 0.25) is 0 Å². The molecule has 0 saturated carbocycles. The summed E-state index contributed by atoms with van der Waals surface area (Å²) >= 11 is 0. The van der Waals surface area contributed by atoms with Gasteiger partial charge in [-0.25, -0.2) is 8.42 Å². The summed E-state index contributed by atoms with van der Waals surface area (Å²) in [5.41, 5.74) is -0.482. The first-order chi connectivity index (χ1) is 9.68. The number of carbonyl (C=O) groups excluding carboxylic acids is 1. The lowest BCUT2D eigenvalue weighted by atomic mass is 10.1. The van der Waals surface area contributed by atoms with Crippen LogP contribution in [0, 0.1) is 17.0 Å². The molecular formula is C12H15ClN2O5S. The third-order valence-electron chi connectivity index (χ3n) is 2.88. The Morgan fingerprint density at radius 2 is 2.05 bits per heavy atom. The third-order valence-corrected chi connectivity index (χ3v) is 4.33. The van der Waals surface area contributed by atoms with Crippen LogP contribution in [0.1, 0.15) is 35.7 Å². The van der Waals surface area contributed by atoms with Gasteiger partial charge >= 0.3 is 0 Å². The summed E-state index contributed by atoms with van der Waals surface area (Å²) in [6.07, 6.45) is 1.62. The molecule has 0 bridgehead atoms. The number of amides is 1. The topological polar surface area (TPSA) is 106 Å². The number of nitrogens with zero attached hydrogens (tertiary/aromatic N) is 1. The molecule has 0 aliphatic heterocycles. The highest BCUT2D eigenvalue weighted by molar-refractivity contribution is 8.13. The Hall–Kier alpha value is -1.67. The molecule has 1 aromatic rings. The van der Waals surface area contributed by atoms with E-state index < -0.39 is 30.5 Å². The predicted molar refractivity (Wildman–Crippen MR) is 78.1 cm³/mol. The second-order valence-electron chi connectivity index (χ2n) is 4.42. The Morgan fingerprint density at radius 3 is 2.52 bits per heavy atom. The van der Waals surface area contributed by atoms with Crippen LogP contribution in [0.15, 0.2) is 17.0 Å². The summed E-state index contributed by atoms with van der Waals surface area (Å²) in [4.78, 5) is 21.7. The maximum absolute atomic E-state index is 12.0. The second-order valence-corrected chi connectivity index (χ2v) is 6.96. The van der Waals surface area contributed by atoms with E-state index >= 15 is 0 Å². The van der Waals surface area contributed by atoms with Crippen LogP contribution in [-0.4, -0.2) is 25.8 Å². The lowest BCUT2D eigenvalue weighted by Crippen LogP contribution is -2.25. The molecule has 1 N–H and O–H groups in total. The minimum atomic E-state index is -4.18. The summed E-state index contributed by atoms with van der Waals surface area (Å²) in [7, 11) is 1.08. The number of halogens is 1. The van der Waals surface area contributed by atoms with E-state index in [0.717, 1.165) is 25.0 Å². The fourth-order valence-corrected chi connectivity index (χ4v) is 2.96. The van der Waals surface area contributed by atoms with Crippen LogP contribution in [0.3, 0.4) is 0 Å². The maximum atomic E-state index is 12.0. The highest BCUT2D eigenvalue weighted by Crippen LogP contribution is 2.28. The van der Waals surface area contributed by atoms with Gasteiger partial charge in [-0.15, -0.1) is 0 Å². The average Bonchev–Trinajstić information content (AvgIpc) is 2.37. The molecule has 9 heteroatoms. The first kappa shape index (κ1) is 17.4. The monoisotopic (exact) mass is 334 g/mol. The summed E-state index contributed by atoms with van der Waals surface area (Å²) < 4.78 is 22.9. The van der Waals surface area contributed by atoms with Crippen molar-refractivity contribution in [2.24, 2.45) is 0 Å². The van der Waals surface area contributed by atoms with Crippen molar-refractivity contribution < 1.29 is 18.1 Å². The molecule has 116 valence electrons. The summed E-state index contributed by atoms with van der Waals surface area (Å²) in [6, 6.07) is 1.89. The Kier molecular flexibility index (Phi) is 5.68. The molecule has 0 radical (unpaired) electrons. The fourth-order valence-electron chi connectivity index (χ4n) is 1.74. The largest absolute Gasteiger partial charge is 0.352 e. The van der Waals surface area contributed by atoms with Crippen molar-refractivity contribution in [3.8, 4) is 0 Å². The molecule has 21 heavy (non-hydrogen) atoms. The number of unbranched alkanes of at least 4 members (excludes halogenated alkanes) is 1. The van der Waals surface area contributed by atoms with Crippen molar-refractivity contribution >= 4 is 31.3 Å². The number of rotatable bonds is 6. The third kappa shape index (κ3) is 4.40. The number of nitro groups is 1. The van der Waals surface area contributed by atoms with Crippen molar-refractivity contribution in [1.82, 2.24) is 5.32 Å². The zero-order chi connectivity index (χ0) is 16.2. The fraction of sp³-hybridized carbons (Fsp3) is 0.417. The van der Waals surface area contributed by atoms with E-state index in [1.807, 2.05) is 6.92 Å². The number of non-ortho nitro benzene ring substituents is 1. The first-order valence-corrected chi connectivity index (χ1v) is 8.51. The summed E-state index contributed by atoms with van der Waals surface area (Å²) in [6.45, 7) is 3.73. The van der Waals surface area contributed by atoms with Gasteiger partial charge in [-0.1, -0.05) is 13.3 Å². The van der Waals surface area contributed by atoms with E-state index in [1.165, 1.54) is 6.92 Å². The van der Waals surface area contributed by atoms with Crippen molar-refractivity contribution in [3.05, 3.63) is 33.4 Å². The van der Waals surface area contributed by atoms with Crippen molar-refractivity contribution in [2.75, 3.05) is 6.54 Å². The minimum Gasteiger partial charge on any atom is -0.352 e. The smallest absolute Gasteiger partial charge is 0.271 e. The Balaban J connectivity index is 3.34. The van der Waals surface area contributed by atoms with Crippen LogP contribution in [0.2, 0.25) is 0 Å². The van der Waals surface area contributed by atoms with E-state index in [1.54, 1.807) is 0 Å². The van der Waals surface area contributed by atoms with Crippen molar-refractivity contribution in [2.45, 2.75) is 31.6 Å². The Bertz CT molecular complexity index is 672. The van der Waals surface area contributed by atoms with E-state index in [9.17, 15) is 23.3 Å². The highest BCUT2D eigenvalue weighted by Gasteiger charge is 2.24. The molecule has 0 aliphatic carbocycles. The Morgan fingerprint density at radius 1 is 1.43 bits per heavy atom. The zero-order valence-corrected chi connectivity index (χ0v) is 13.1. The molecule has 0 atom stereocenters. The highest BCUT2D eigenvalue weighted by atomic mass is 35.7. The molecule has 0 spiro atoms.